The number of benzene rings is 2. The van der Waals surface area contributed by atoms with E-state index in [0.717, 1.165) is 44.9 Å². The summed E-state index contributed by atoms with van der Waals surface area (Å²) in [6, 6.07) is 13.3. The highest BCUT2D eigenvalue weighted by atomic mass is 16.5. The van der Waals surface area contributed by atoms with E-state index in [-0.39, 0.29) is 42.5 Å². The average molecular weight is 637 g/mol. The summed E-state index contributed by atoms with van der Waals surface area (Å²) in [5.74, 6) is 0.212. The van der Waals surface area contributed by atoms with Crippen LogP contribution in [0.3, 0.4) is 0 Å². The lowest BCUT2D eigenvalue weighted by molar-refractivity contribution is -0.137. The third kappa shape index (κ3) is 9.93. The smallest absolute Gasteiger partial charge is 0.323 e. The highest BCUT2D eigenvalue weighted by Crippen LogP contribution is 2.29. The van der Waals surface area contributed by atoms with E-state index >= 15 is 0 Å². The first-order valence-corrected chi connectivity index (χ1v) is 16.9. The molecule has 4 atom stereocenters. The number of nitrogens with one attached hydrogen (secondary N) is 2. The Hall–Kier alpha value is -3.63. The van der Waals surface area contributed by atoms with Gasteiger partial charge in [0.1, 0.15) is 5.75 Å². The van der Waals surface area contributed by atoms with Gasteiger partial charge in [-0.25, -0.2) is 4.79 Å². The lowest BCUT2D eigenvalue weighted by atomic mass is 9.88. The van der Waals surface area contributed by atoms with Crippen LogP contribution in [-0.4, -0.2) is 84.4 Å². The Morgan fingerprint density at radius 3 is 2.39 bits per heavy atom. The maximum absolute atomic E-state index is 14.3. The fraction of sp³-hybridized carbons (Fsp3) is 0.583. The van der Waals surface area contributed by atoms with Crippen molar-refractivity contribution in [3.8, 4) is 5.75 Å². The Kier molecular flexibility index (Phi) is 13.3. The Bertz CT molecular complexity index is 1280. The van der Waals surface area contributed by atoms with Gasteiger partial charge in [-0.2, -0.15) is 0 Å². The van der Waals surface area contributed by atoms with Gasteiger partial charge in [0.15, 0.2) is 0 Å². The van der Waals surface area contributed by atoms with Gasteiger partial charge in [0.25, 0.3) is 5.91 Å². The Morgan fingerprint density at radius 2 is 1.67 bits per heavy atom. The van der Waals surface area contributed by atoms with Gasteiger partial charge < -0.3 is 35.0 Å². The van der Waals surface area contributed by atoms with Crippen molar-refractivity contribution in [3.05, 3.63) is 54.1 Å². The van der Waals surface area contributed by atoms with Crippen LogP contribution in [0.25, 0.3) is 0 Å². The van der Waals surface area contributed by atoms with Crippen LogP contribution < -0.4 is 15.4 Å². The standard InChI is InChI=1S/C36H52N4O6/c1-25-22-40(26(2)24-41)35(43)31-21-30(38-36(44)37-29-16-9-6-10-17-29)18-19-32(31)46-27(3)13-11-12-20-45-33(25)23-39(4)34(42)28-14-7-5-8-15-28/h6,9-10,16-19,21,25-28,33,41H,5,7-8,11-15,20,22-24H2,1-4H3,(H2,37,38,44)/t25-,26-,27-,33-/m1/s1. The number of aliphatic hydroxyl groups excluding tert-OH is 1. The minimum Gasteiger partial charge on any atom is -0.490 e. The third-order valence-corrected chi connectivity index (χ3v) is 9.13. The molecule has 0 saturated heterocycles. The highest BCUT2D eigenvalue weighted by Gasteiger charge is 2.32. The Morgan fingerprint density at radius 1 is 0.978 bits per heavy atom. The summed E-state index contributed by atoms with van der Waals surface area (Å²) in [5, 5.41) is 15.8. The Labute approximate surface area is 273 Å². The minimum atomic E-state index is -0.492. The van der Waals surface area contributed by atoms with Crippen LogP contribution in [-0.2, 0) is 9.53 Å². The van der Waals surface area contributed by atoms with Crippen LogP contribution in [0.4, 0.5) is 16.2 Å². The normalized spacial score (nSPS) is 22.5. The molecule has 0 unspecified atom stereocenters. The van der Waals surface area contributed by atoms with E-state index in [2.05, 4.69) is 10.6 Å². The molecule has 1 aliphatic heterocycles. The molecule has 4 rings (SSSR count). The zero-order chi connectivity index (χ0) is 33.1. The van der Waals surface area contributed by atoms with Gasteiger partial charge in [-0.15, -0.1) is 0 Å². The summed E-state index contributed by atoms with van der Waals surface area (Å²) in [7, 11) is 1.86. The average Bonchev–Trinajstić information content (AvgIpc) is 3.06. The van der Waals surface area contributed by atoms with Crippen molar-refractivity contribution in [1.82, 2.24) is 9.80 Å². The van der Waals surface area contributed by atoms with E-state index in [0.29, 0.717) is 42.4 Å². The molecule has 1 saturated carbocycles. The largest absolute Gasteiger partial charge is 0.490 e. The van der Waals surface area contributed by atoms with Crippen molar-refractivity contribution < 1.29 is 29.0 Å². The topological polar surface area (TPSA) is 120 Å². The first-order valence-electron chi connectivity index (χ1n) is 16.9. The maximum Gasteiger partial charge on any atom is 0.323 e. The fourth-order valence-corrected chi connectivity index (χ4v) is 6.30. The second kappa shape index (κ2) is 17.3. The van der Waals surface area contributed by atoms with Crippen molar-refractivity contribution in [2.75, 3.05) is 44.0 Å². The van der Waals surface area contributed by atoms with Crippen molar-refractivity contribution in [1.29, 1.82) is 0 Å². The monoisotopic (exact) mass is 636 g/mol. The molecule has 10 heteroatoms. The number of carbonyl (C=O) groups is 3. The predicted octanol–water partition coefficient (Wildman–Crippen LogP) is 6.16. The quantitative estimate of drug-likeness (QED) is 0.335. The number of rotatable bonds is 7. The number of likely N-dealkylation sites (N-methyl/N-ethyl adjacent to an activating group) is 1. The molecule has 3 N–H and O–H groups in total. The van der Waals surface area contributed by atoms with Crippen molar-refractivity contribution >= 4 is 29.2 Å². The highest BCUT2D eigenvalue weighted by molar-refractivity contribution is 6.02. The number of anilines is 2. The van der Waals surface area contributed by atoms with Gasteiger partial charge in [0, 0.05) is 50.0 Å². The summed E-state index contributed by atoms with van der Waals surface area (Å²) in [6.07, 6.45) is 7.30. The van der Waals surface area contributed by atoms with Crippen molar-refractivity contribution in [2.24, 2.45) is 11.8 Å². The summed E-state index contributed by atoms with van der Waals surface area (Å²) < 4.78 is 12.7. The zero-order valence-electron chi connectivity index (χ0n) is 27.9. The second-order valence-electron chi connectivity index (χ2n) is 13.0. The number of para-hydroxylation sites is 1. The lowest BCUT2D eigenvalue weighted by Crippen LogP contribution is -2.48. The molecule has 1 fully saturated rings. The first kappa shape index (κ1) is 35.2. The number of fused-ring (bicyclic) bond motifs is 1. The summed E-state index contributed by atoms with van der Waals surface area (Å²) >= 11 is 0. The molecule has 4 amide bonds. The van der Waals surface area contributed by atoms with Crippen molar-refractivity contribution in [3.63, 3.8) is 0 Å². The molecule has 0 bridgehead atoms. The number of hydrogen-bond donors (Lipinski definition) is 3. The van der Waals surface area contributed by atoms with Gasteiger partial charge in [-0.3, -0.25) is 9.59 Å². The van der Waals surface area contributed by atoms with Crippen LogP contribution in [0.2, 0.25) is 0 Å². The molecule has 46 heavy (non-hydrogen) atoms. The molecule has 10 nitrogen and oxygen atoms in total. The van der Waals surface area contributed by atoms with E-state index in [9.17, 15) is 19.5 Å². The Balaban J connectivity index is 1.58. The van der Waals surface area contributed by atoms with Crippen molar-refractivity contribution in [2.45, 2.75) is 90.4 Å². The van der Waals surface area contributed by atoms with Gasteiger partial charge in [-0.1, -0.05) is 44.4 Å². The number of aliphatic hydroxyl groups is 1. The molecule has 0 spiro atoms. The summed E-state index contributed by atoms with van der Waals surface area (Å²) in [6.45, 7) is 6.88. The van der Waals surface area contributed by atoms with Gasteiger partial charge >= 0.3 is 6.03 Å². The van der Waals surface area contributed by atoms with E-state index in [1.54, 1.807) is 42.2 Å². The molecule has 0 aromatic heterocycles. The van der Waals surface area contributed by atoms with E-state index < -0.39 is 12.1 Å². The lowest BCUT2D eigenvalue weighted by Gasteiger charge is -2.36. The van der Waals surface area contributed by atoms with Gasteiger partial charge in [-0.05, 0) is 76.3 Å². The predicted molar refractivity (Wildman–Crippen MR) is 180 cm³/mol. The first-order chi connectivity index (χ1) is 22.2. The van der Waals surface area contributed by atoms with Crippen LogP contribution >= 0.6 is 0 Å². The molecular weight excluding hydrogens is 584 g/mol. The van der Waals surface area contributed by atoms with Gasteiger partial charge in [0.05, 0.1) is 30.4 Å². The maximum atomic E-state index is 14.3. The van der Waals surface area contributed by atoms with E-state index in [1.165, 1.54) is 6.42 Å². The van der Waals surface area contributed by atoms with Crippen LogP contribution in [0.5, 0.6) is 5.75 Å². The minimum absolute atomic E-state index is 0.0654. The number of urea groups is 1. The molecular formula is C36H52N4O6. The number of nitrogens with zero attached hydrogens (tertiary/aromatic N) is 2. The van der Waals surface area contributed by atoms with E-state index in [1.807, 2.05) is 44.0 Å². The summed E-state index contributed by atoms with van der Waals surface area (Å²) in [5.41, 5.74) is 1.38. The summed E-state index contributed by atoms with van der Waals surface area (Å²) in [4.78, 5) is 43.9. The zero-order valence-corrected chi connectivity index (χ0v) is 27.9. The SMILES string of the molecule is C[C@@H]1CCCCO[C@H](CN(C)C(=O)C2CCCCC2)[C@H](C)CN([C@H](C)CO)C(=O)c2cc(NC(=O)Nc3ccccc3)ccc2O1. The fourth-order valence-electron chi connectivity index (χ4n) is 6.30. The van der Waals surface area contributed by atoms with Crippen LogP contribution in [0.15, 0.2) is 48.5 Å². The number of ether oxygens (including phenoxy) is 2. The van der Waals surface area contributed by atoms with Crippen LogP contribution in [0.1, 0.15) is 82.5 Å². The molecule has 0 radical (unpaired) electrons. The molecule has 2 aliphatic rings. The number of hydrogen-bond acceptors (Lipinski definition) is 6. The van der Waals surface area contributed by atoms with Gasteiger partial charge in [0.2, 0.25) is 5.91 Å². The number of amides is 4. The molecule has 1 aliphatic carbocycles. The van der Waals surface area contributed by atoms with E-state index in [4.69, 9.17) is 9.47 Å². The molecule has 252 valence electrons. The van der Waals surface area contributed by atoms with Crippen LogP contribution in [0, 0.1) is 11.8 Å². The number of carbonyl (C=O) groups excluding carboxylic acids is 3. The molecule has 2 aromatic carbocycles. The second-order valence-corrected chi connectivity index (χ2v) is 13.0. The third-order valence-electron chi connectivity index (χ3n) is 9.13. The molecule has 1 heterocycles. The molecule has 2 aromatic rings.